The van der Waals surface area contributed by atoms with Gasteiger partial charge in [-0.2, -0.15) is 0 Å². The lowest BCUT2D eigenvalue weighted by Gasteiger charge is -2.22. The van der Waals surface area contributed by atoms with Gasteiger partial charge in [-0.05, 0) is 40.8 Å². The fraction of sp³-hybridized carbons (Fsp3) is 0.364. The molecule has 0 fully saturated rings. The van der Waals surface area contributed by atoms with Crippen LogP contribution in [0.25, 0.3) is 0 Å². The third-order valence-corrected chi connectivity index (χ3v) is 4.32. The minimum Gasteiger partial charge on any atom is -0.497 e. The maximum Gasteiger partial charge on any atom is 0.305 e. The zero-order valence-electron chi connectivity index (χ0n) is 16.7. The molecule has 1 unspecified atom stereocenters. The molecule has 150 valence electrons. The van der Waals surface area contributed by atoms with Gasteiger partial charge in [-0.15, -0.1) is 0 Å². The van der Waals surface area contributed by atoms with Crippen LogP contribution in [0.5, 0.6) is 11.5 Å². The van der Waals surface area contributed by atoms with Crippen molar-refractivity contribution < 1.29 is 24.2 Å². The molecular formula is C22H27NO5. The van der Waals surface area contributed by atoms with Crippen LogP contribution in [0.1, 0.15) is 44.4 Å². The molecule has 0 bridgehead atoms. The van der Waals surface area contributed by atoms with E-state index in [9.17, 15) is 14.7 Å². The number of carboxylic acid groups (broad SMARTS) is 1. The average molecular weight is 385 g/mol. The summed E-state index contributed by atoms with van der Waals surface area (Å²) in [5, 5.41) is 12.0. The Morgan fingerprint density at radius 1 is 1.00 bits per heavy atom. The topological polar surface area (TPSA) is 84.9 Å². The molecule has 2 aromatic rings. The molecule has 0 saturated carbocycles. The molecule has 0 heterocycles. The Labute approximate surface area is 165 Å². The second kappa shape index (κ2) is 9.26. The molecule has 6 nitrogen and oxygen atoms in total. The first-order valence-electron chi connectivity index (χ1n) is 9.07. The predicted molar refractivity (Wildman–Crippen MR) is 107 cm³/mol. The van der Waals surface area contributed by atoms with Gasteiger partial charge in [0.25, 0.3) is 5.91 Å². The van der Waals surface area contributed by atoms with Gasteiger partial charge in [-0.25, -0.2) is 0 Å². The molecule has 2 rings (SSSR count). The second-order valence-electron chi connectivity index (χ2n) is 7.55. The van der Waals surface area contributed by atoms with Crippen LogP contribution < -0.4 is 14.8 Å². The second-order valence-corrected chi connectivity index (χ2v) is 7.55. The molecule has 0 spiro atoms. The Bertz CT molecular complexity index is 791. The Balaban J connectivity index is 2.02. The highest BCUT2D eigenvalue weighted by molar-refractivity contribution is 5.79. The first kappa shape index (κ1) is 21.3. The number of hydrogen-bond donors (Lipinski definition) is 2. The molecule has 0 saturated heterocycles. The lowest BCUT2D eigenvalue weighted by atomic mass is 9.86. The normalized spacial score (nSPS) is 12.1. The van der Waals surface area contributed by atoms with Crippen molar-refractivity contribution in [3.05, 3.63) is 59.7 Å². The van der Waals surface area contributed by atoms with Crippen molar-refractivity contribution in [1.29, 1.82) is 0 Å². The Kier molecular flexibility index (Phi) is 7.04. The first-order valence-corrected chi connectivity index (χ1v) is 9.07. The van der Waals surface area contributed by atoms with Crippen molar-refractivity contribution in [3.8, 4) is 11.5 Å². The van der Waals surface area contributed by atoms with Gasteiger partial charge < -0.3 is 19.9 Å². The molecule has 2 N–H and O–H groups in total. The van der Waals surface area contributed by atoms with E-state index in [4.69, 9.17) is 9.47 Å². The molecule has 0 radical (unpaired) electrons. The van der Waals surface area contributed by atoms with Crippen LogP contribution in [0.15, 0.2) is 48.5 Å². The Morgan fingerprint density at radius 3 is 2.07 bits per heavy atom. The van der Waals surface area contributed by atoms with E-state index in [0.29, 0.717) is 11.5 Å². The molecule has 2 aromatic carbocycles. The molecule has 0 aliphatic rings. The summed E-state index contributed by atoms with van der Waals surface area (Å²) in [6, 6.07) is 13.9. The van der Waals surface area contributed by atoms with Gasteiger partial charge in [0.15, 0.2) is 6.61 Å². The molecular weight excluding hydrogens is 358 g/mol. The molecule has 1 amide bonds. The molecule has 6 heteroatoms. The van der Waals surface area contributed by atoms with Crippen molar-refractivity contribution in [1.82, 2.24) is 5.32 Å². The molecule has 1 atom stereocenters. The molecule has 0 aromatic heterocycles. The third-order valence-electron chi connectivity index (χ3n) is 4.32. The van der Waals surface area contributed by atoms with E-state index in [2.05, 4.69) is 26.1 Å². The predicted octanol–water partition coefficient (Wildman–Crippen LogP) is 3.70. The monoisotopic (exact) mass is 385 g/mol. The van der Waals surface area contributed by atoms with Gasteiger partial charge in [-0.3, -0.25) is 9.59 Å². The van der Waals surface area contributed by atoms with Crippen LogP contribution in [0.2, 0.25) is 0 Å². The third kappa shape index (κ3) is 6.30. The van der Waals surface area contributed by atoms with Crippen LogP contribution in [0, 0.1) is 0 Å². The Hall–Kier alpha value is -3.02. The number of methoxy groups -OCH3 is 1. The number of nitrogens with one attached hydrogen (secondary N) is 1. The lowest BCUT2D eigenvalue weighted by molar-refractivity contribution is -0.137. The summed E-state index contributed by atoms with van der Waals surface area (Å²) in [5.74, 6) is -0.152. The Morgan fingerprint density at radius 2 is 1.57 bits per heavy atom. The summed E-state index contributed by atoms with van der Waals surface area (Å²) in [6.45, 7) is 6.11. The summed E-state index contributed by atoms with van der Waals surface area (Å²) in [7, 11) is 1.57. The molecule has 28 heavy (non-hydrogen) atoms. The first-order chi connectivity index (χ1) is 13.2. The minimum atomic E-state index is -0.985. The van der Waals surface area contributed by atoms with Crippen molar-refractivity contribution in [2.75, 3.05) is 13.7 Å². The highest BCUT2D eigenvalue weighted by Crippen LogP contribution is 2.25. The van der Waals surface area contributed by atoms with Gasteiger partial charge in [-0.1, -0.05) is 45.0 Å². The quantitative estimate of drug-likeness (QED) is 0.724. The summed E-state index contributed by atoms with van der Waals surface area (Å²) < 4.78 is 10.5. The standard InChI is InChI=1S/C22H27NO5/c1-22(2,3)16-7-5-15(6-8-16)19(13-21(25)26)23-20(24)14-28-18-11-9-17(27-4)10-12-18/h5-12,19H,13-14H2,1-4H3,(H,23,24)(H,25,26). The minimum absolute atomic E-state index is 0.00369. The van der Waals surface area contributed by atoms with E-state index in [-0.39, 0.29) is 24.3 Å². The summed E-state index contributed by atoms with van der Waals surface area (Å²) in [4.78, 5) is 23.5. The highest BCUT2D eigenvalue weighted by atomic mass is 16.5. The summed E-state index contributed by atoms with van der Waals surface area (Å²) in [5.41, 5.74) is 1.88. The number of benzene rings is 2. The molecule has 0 aliphatic carbocycles. The number of rotatable bonds is 8. The fourth-order valence-corrected chi connectivity index (χ4v) is 2.70. The van der Waals surface area contributed by atoms with Crippen LogP contribution in [-0.2, 0) is 15.0 Å². The largest absolute Gasteiger partial charge is 0.497 e. The van der Waals surface area contributed by atoms with Crippen molar-refractivity contribution in [3.63, 3.8) is 0 Å². The average Bonchev–Trinajstić information content (AvgIpc) is 2.65. The number of carboxylic acids is 1. The van der Waals surface area contributed by atoms with Crippen LogP contribution in [-0.4, -0.2) is 30.7 Å². The molecule has 0 aliphatic heterocycles. The lowest BCUT2D eigenvalue weighted by Crippen LogP contribution is -2.34. The smallest absolute Gasteiger partial charge is 0.305 e. The van der Waals surface area contributed by atoms with Gasteiger partial charge >= 0.3 is 5.97 Å². The zero-order chi connectivity index (χ0) is 20.7. The van der Waals surface area contributed by atoms with E-state index in [1.54, 1.807) is 31.4 Å². The number of ether oxygens (including phenoxy) is 2. The van der Waals surface area contributed by atoms with E-state index in [1.807, 2.05) is 24.3 Å². The van der Waals surface area contributed by atoms with Crippen molar-refractivity contribution >= 4 is 11.9 Å². The summed E-state index contributed by atoms with van der Waals surface area (Å²) >= 11 is 0. The number of hydrogen-bond acceptors (Lipinski definition) is 4. The van der Waals surface area contributed by atoms with Gasteiger partial charge in [0, 0.05) is 0 Å². The van der Waals surface area contributed by atoms with E-state index in [1.165, 1.54) is 0 Å². The number of amides is 1. The van der Waals surface area contributed by atoms with Crippen LogP contribution in [0.4, 0.5) is 0 Å². The number of carbonyl (C=O) groups excluding carboxylic acids is 1. The van der Waals surface area contributed by atoms with E-state index >= 15 is 0 Å². The summed E-state index contributed by atoms with van der Waals surface area (Å²) in [6.07, 6.45) is -0.205. The SMILES string of the molecule is COc1ccc(OCC(=O)NC(CC(=O)O)c2ccc(C(C)(C)C)cc2)cc1. The van der Waals surface area contributed by atoms with E-state index < -0.39 is 12.0 Å². The maximum absolute atomic E-state index is 12.3. The maximum atomic E-state index is 12.3. The number of aliphatic carboxylic acids is 1. The fourth-order valence-electron chi connectivity index (χ4n) is 2.70. The van der Waals surface area contributed by atoms with Gasteiger partial charge in [0.1, 0.15) is 11.5 Å². The number of carbonyl (C=O) groups is 2. The highest BCUT2D eigenvalue weighted by Gasteiger charge is 2.20. The van der Waals surface area contributed by atoms with Crippen LogP contribution in [0.3, 0.4) is 0 Å². The van der Waals surface area contributed by atoms with Crippen LogP contribution >= 0.6 is 0 Å². The van der Waals surface area contributed by atoms with Crippen molar-refractivity contribution in [2.24, 2.45) is 0 Å². The zero-order valence-corrected chi connectivity index (χ0v) is 16.7. The van der Waals surface area contributed by atoms with Gasteiger partial charge in [0.2, 0.25) is 0 Å². The van der Waals surface area contributed by atoms with E-state index in [0.717, 1.165) is 11.1 Å². The van der Waals surface area contributed by atoms with Crippen molar-refractivity contribution in [2.45, 2.75) is 38.6 Å². The van der Waals surface area contributed by atoms with Gasteiger partial charge in [0.05, 0.1) is 19.6 Å².